The van der Waals surface area contributed by atoms with E-state index in [1.54, 1.807) is 7.11 Å². The van der Waals surface area contributed by atoms with Crippen LogP contribution in [0.5, 0.6) is 0 Å². The van der Waals surface area contributed by atoms with Gasteiger partial charge in [-0.05, 0) is 57.3 Å². The summed E-state index contributed by atoms with van der Waals surface area (Å²) in [5.74, 6) is 2.15. The molecule has 5 rings (SSSR count). The Balaban J connectivity index is 1.29. The quantitative estimate of drug-likeness (QED) is 0.715. The molecular weight excluding hydrogens is 380 g/mol. The molecule has 164 valence electrons. The molecule has 8 heteroatoms. The fourth-order valence-corrected chi connectivity index (χ4v) is 5.34. The second-order valence-electron chi connectivity index (χ2n) is 9.60. The lowest BCUT2D eigenvalue weighted by Gasteiger charge is -2.37. The van der Waals surface area contributed by atoms with Gasteiger partial charge in [0.15, 0.2) is 0 Å². The van der Waals surface area contributed by atoms with Crippen molar-refractivity contribution in [1.82, 2.24) is 30.1 Å². The maximum Gasteiger partial charge on any atom is 0.108 e. The van der Waals surface area contributed by atoms with Gasteiger partial charge in [-0.3, -0.25) is 10.00 Å². The first-order valence-electron chi connectivity index (χ1n) is 11.3. The summed E-state index contributed by atoms with van der Waals surface area (Å²) < 4.78 is 13.8. The summed E-state index contributed by atoms with van der Waals surface area (Å²) in [4.78, 5) is 2.61. The van der Waals surface area contributed by atoms with Crippen molar-refractivity contribution in [3.8, 4) is 0 Å². The van der Waals surface area contributed by atoms with Crippen LogP contribution in [0.3, 0.4) is 0 Å². The first-order valence-corrected chi connectivity index (χ1v) is 11.3. The van der Waals surface area contributed by atoms with E-state index in [0.717, 1.165) is 56.4 Å². The Labute approximate surface area is 178 Å². The average Bonchev–Trinajstić information content (AvgIpc) is 3.16. The molecule has 1 saturated heterocycles. The summed E-state index contributed by atoms with van der Waals surface area (Å²) in [6.07, 6.45) is 7.13. The lowest BCUT2D eigenvalue weighted by molar-refractivity contribution is -0.0376. The molecule has 2 aromatic rings. The van der Waals surface area contributed by atoms with Crippen LogP contribution in [0.4, 0.5) is 0 Å². The van der Waals surface area contributed by atoms with Crippen LogP contribution in [-0.4, -0.2) is 63.0 Å². The highest BCUT2D eigenvalue weighted by molar-refractivity contribution is 5.23. The molecule has 4 atom stereocenters. The van der Waals surface area contributed by atoms with E-state index in [1.807, 2.05) is 6.20 Å². The fraction of sp³-hybridized carbons (Fsp3) is 0.773. The SMILES string of the molecule is COCc1cn([C@@H]2C[C@@H]3CN(Cc4c(C)n[nH]c4C)C[C@@H]3C[C@H]2OCC2CC2)nn1. The van der Waals surface area contributed by atoms with Gasteiger partial charge in [0.1, 0.15) is 5.69 Å². The van der Waals surface area contributed by atoms with Crippen LogP contribution < -0.4 is 0 Å². The van der Waals surface area contributed by atoms with Crippen molar-refractivity contribution in [3.63, 3.8) is 0 Å². The van der Waals surface area contributed by atoms with Crippen LogP contribution in [-0.2, 0) is 22.6 Å². The minimum atomic E-state index is 0.223. The van der Waals surface area contributed by atoms with E-state index < -0.39 is 0 Å². The van der Waals surface area contributed by atoms with Crippen molar-refractivity contribution in [2.24, 2.45) is 17.8 Å². The molecule has 2 aromatic heterocycles. The Morgan fingerprint density at radius 1 is 1.17 bits per heavy atom. The number of hydrogen-bond donors (Lipinski definition) is 1. The molecule has 2 aliphatic carbocycles. The van der Waals surface area contributed by atoms with E-state index in [-0.39, 0.29) is 12.1 Å². The molecule has 0 amide bonds. The zero-order chi connectivity index (χ0) is 20.7. The van der Waals surface area contributed by atoms with Crippen LogP contribution in [0.15, 0.2) is 6.20 Å². The van der Waals surface area contributed by atoms with Crippen molar-refractivity contribution in [2.75, 3.05) is 26.8 Å². The number of likely N-dealkylation sites (tertiary alicyclic amines) is 1. The van der Waals surface area contributed by atoms with Gasteiger partial charge < -0.3 is 9.47 Å². The van der Waals surface area contributed by atoms with Crippen LogP contribution >= 0.6 is 0 Å². The molecule has 8 nitrogen and oxygen atoms in total. The van der Waals surface area contributed by atoms with E-state index in [9.17, 15) is 0 Å². The molecule has 0 bridgehead atoms. The molecule has 0 aromatic carbocycles. The van der Waals surface area contributed by atoms with Crippen molar-refractivity contribution in [1.29, 1.82) is 0 Å². The normalized spacial score (nSPS) is 29.4. The summed E-state index contributed by atoms with van der Waals surface area (Å²) in [5, 5.41) is 16.3. The maximum absolute atomic E-state index is 6.48. The number of fused-ring (bicyclic) bond motifs is 1. The van der Waals surface area contributed by atoms with Crippen molar-refractivity contribution >= 4 is 0 Å². The minimum absolute atomic E-state index is 0.223. The van der Waals surface area contributed by atoms with Crippen LogP contribution in [0, 0.1) is 31.6 Å². The molecule has 1 N–H and O–H groups in total. The van der Waals surface area contributed by atoms with E-state index >= 15 is 0 Å². The monoisotopic (exact) mass is 414 g/mol. The van der Waals surface area contributed by atoms with Crippen molar-refractivity contribution < 1.29 is 9.47 Å². The smallest absolute Gasteiger partial charge is 0.108 e. The molecule has 3 aliphatic rings. The van der Waals surface area contributed by atoms with Gasteiger partial charge in [-0.1, -0.05) is 5.21 Å². The first kappa shape index (κ1) is 20.2. The number of hydrogen-bond acceptors (Lipinski definition) is 6. The third-order valence-electron chi connectivity index (χ3n) is 7.26. The van der Waals surface area contributed by atoms with Gasteiger partial charge in [-0.25, -0.2) is 4.68 Å². The highest BCUT2D eigenvalue weighted by atomic mass is 16.5. The Kier molecular flexibility index (Phi) is 5.64. The molecule has 3 heterocycles. The molecule has 0 radical (unpaired) electrons. The molecule has 2 saturated carbocycles. The zero-order valence-electron chi connectivity index (χ0n) is 18.4. The van der Waals surface area contributed by atoms with Crippen LogP contribution in [0.25, 0.3) is 0 Å². The number of rotatable bonds is 8. The van der Waals surface area contributed by atoms with Gasteiger partial charge >= 0.3 is 0 Å². The Morgan fingerprint density at radius 2 is 1.97 bits per heavy atom. The van der Waals surface area contributed by atoms with Gasteiger partial charge in [-0.15, -0.1) is 5.10 Å². The summed E-state index contributed by atoms with van der Waals surface area (Å²) in [7, 11) is 1.70. The molecule has 0 spiro atoms. The maximum atomic E-state index is 6.48. The van der Waals surface area contributed by atoms with Gasteiger partial charge in [0.05, 0.1) is 30.6 Å². The number of methoxy groups -OCH3 is 1. The molecular formula is C22H34N6O2. The number of aromatic amines is 1. The minimum Gasteiger partial charge on any atom is -0.378 e. The lowest BCUT2D eigenvalue weighted by atomic mass is 9.77. The van der Waals surface area contributed by atoms with Gasteiger partial charge in [0.2, 0.25) is 0 Å². The van der Waals surface area contributed by atoms with Gasteiger partial charge in [0, 0.05) is 44.6 Å². The lowest BCUT2D eigenvalue weighted by Crippen LogP contribution is -2.38. The molecule has 0 unspecified atom stereocenters. The Morgan fingerprint density at radius 3 is 2.67 bits per heavy atom. The second-order valence-corrected chi connectivity index (χ2v) is 9.60. The average molecular weight is 415 g/mol. The molecule has 30 heavy (non-hydrogen) atoms. The number of aryl methyl sites for hydroxylation is 2. The van der Waals surface area contributed by atoms with E-state index in [1.165, 1.54) is 24.1 Å². The largest absolute Gasteiger partial charge is 0.378 e. The molecule has 1 aliphatic heterocycles. The third kappa shape index (κ3) is 4.18. The van der Waals surface area contributed by atoms with E-state index in [0.29, 0.717) is 18.4 Å². The number of aromatic nitrogens is 5. The zero-order valence-corrected chi connectivity index (χ0v) is 18.4. The van der Waals surface area contributed by atoms with E-state index in [4.69, 9.17) is 9.47 Å². The molecule has 3 fully saturated rings. The topological polar surface area (TPSA) is 81.1 Å². The Bertz CT molecular complexity index is 840. The van der Waals surface area contributed by atoms with Gasteiger partial charge in [-0.2, -0.15) is 5.10 Å². The second kappa shape index (κ2) is 8.40. The highest BCUT2D eigenvalue weighted by Gasteiger charge is 2.44. The predicted molar refractivity (Wildman–Crippen MR) is 112 cm³/mol. The summed E-state index contributed by atoms with van der Waals surface area (Å²) in [5.41, 5.74) is 4.56. The summed E-state index contributed by atoms with van der Waals surface area (Å²) in [6, 6.07) is 0.264. The summed E-state index contributed by atoms with van der Waals surface area (Å²) >= 11 is 0. The predicted octanol–water partition coefficient (Wildman–Crippen LogP) is 2.64. The standard InChI is InChI=1S/C22H34N6O2/c1-14-20(15(2)24-23-14)11-27-8-17-6-21(28-10-19(13-29-3)25-26-28)22(7-18(17)9-27)30-12-16-4-5-16/h10,16-18,21-22H,4-9,11-13H2,1-3H3,(H,23,24)/t17-,18+,21-,22-/m1/s1. The highest BCUT2D eigenvalue weighted by Crippen LogP contribution is 2.43. The Hall–Kier alpha value is -1.77. The number of H-pyrrole nitrogens is 1. The van der Waals surface area contributed by atoms with Crippen molar-refractivity contribution in [3.05, 3.63) is 28.8 Å². The first-order chi connectivity index (χ1) is 14.6. The van der Waals surface area contributed by atoms with Crippen molar-refractivity contribution in [2.45, 2.75) is 64.8 Å². The van der Waals surface area contributed by atoms with E-state index in [2.05, 4.69) is 43.9 Å². The number of nitrogens with zero attached hydrogens (tertiary/aromatic N) is 5. The van der Waals surface area contributed by atoms with Gasteiger partial charge in [0.25, 0.3) is 0 Å². The van der Waals surface area contributed by atoms with Crippen LogP contribution in [0.1, 0.15) is 54.4 Å². The number of nitrogens with one attached hydrogen (secondary N) is 1. The number of ether oxygens (including phenoxy) is 2. The summed E-state index contributed by atoms with van der Waals surface area (Å²) in [6.45, 7) is 8.90. The third-order valence-corrected chi connectivity index (χ3v) is 7.26. The van der Waals surface area contributed by atoms with Crippen LogP contribution in [0.2, 0.25) is 0 Å². The fourth-order valence-electron chi connectivity index (χ4n) is 5.34.